The lowest BCUT2D eigenvalue weighted by Gasteiger charge is -2.58. The fraction of sp³-hybridized carbons (Fsp3) is 1.00. The fourth-order valence-corrected chi connectivity index (χ4v) is 23.7. The van der Waals surface area contributed by atoms with Gasteiger partial charge in [0.15, 0.2) is 0 Å². The summed E-state index contributed by atoms with van der Waals surface area (Å²) in [4.78, 5) is 0. The minimum Gasteiger partial charge on any atom is -0.452 e. The van der Waals surface area contributed by atoms with E-state index < -0.39 is 34.4 Å². The second kappa shape index (κ2) is 13.3. The molecule has 0 N–H and O–H groups in total. The maximum atomic E-state index is 7.80. The van der Waals surface area contributed by atoms with E-state index in [4.69, 9.17) is 83.3 Å². The summed E-state index contributed by atoms with van der Waals surface area (Å²) in [6, 6.07) is 0. The number of rotatable bonds is 3. The Bertz CT molecular complexity index is 1590. The summed E-state index contributed by atoms with van der Waals surface area (Å²) in [7, 11) is -1.42. The minimum absolute atomic E-state index is 0.00502. The van der Waals surface area contributed by atoms with Crippen LogP contribution in [0.4, 0.5) is 0 Å². The van der Waals surface area contributed by atoms with E-state index >= 15 is 0 Å². The first-order valence-corrected chi connectivity index (χ1v) is 26.9. The molecular weight excluding hydrogens is 870 g/mol. The third kappa shape index (κ3) is 5.03. The monoisotopic (exact) mass is 942 g/mol. The van der Waals surface area contributed by atoms with Crippen LogP contribution in [-0.4, -0.2) is 34.4 Å². The highest BCUT2D eigenvalue weighted by Crippen LogP contribution is 2.92. The third-order valence-corrected chi connectivity index (χ3v) is 27.5. The summed E-state index contributed by atoms with van der Waals surface area (Å²) >= 11 is 46.1. The van der Waals surface area contributed by atoms with Crippen molar-refractivity contribution in [2.75, 3.05) is 0 Å². The van der Waals surface area contributed by atoms with Gasteiger partial charge in [0.05, 0.1) is 0 Å². The van der Waals surface area contributed by atoms with Gasteiger partial charge >= 0.3 is 21.4 Å². The largest absolute Gasteiger partial charge is 0.452 e. The molecule has 336 valence electrons. The Labute approximate surface area is 396 Å². The molecule has 0 unspecified atom stereocenters. The predicted octanol–water partition coefficient (Wildman–Crippen LogP) is 15.9. The molecule has 0 bridgehead atoms. The first kappa shape index (κ1) is 45.6. The van der Waals surface area contributed by atoms with Crippen LogP contribution in [0, 0.1) is 84.2 Å². The molecule has 3 spiro atoms. The average Bonchev–Trinajstić information content (AvgIpc) is 3.89. The molecule has 1 heterocycles. The van der Waals surface area contributed by atoms with Gasteiger partial charge in [-0.1, -0.05) is 122 Å². The number of halogens is 6. The SMILES string of the molecule is C[C@H]1CC[C@]23[C@H]([C@@H]1B1OB([C@H]4[C@@H]5C(C)(C)CCC[C@@]6(C)C(Cl)(Cl)[C@@]56CC[C@@H]4C)OB([C@H]4[C@@H]5C(C)(C)CCC[C@@]6(C)C(Cl)(Cl)[C@@]56CC[C@@H]4C)O1)C(C)(C)CCC[C@@]2(C)C3(Cl)Cl. The van der Waals surface area contributed by atoms with Gasteiger partial charge in [-0.05, 0) is 127 Å². The van der Waals surface area contributed by atoms with Gasteiger partial charge in [0.25, 0.3) is 0 Å². The first-order chi connectivity index (χ1) is 27.6. The normalized spacial score (nSPS) is 54.9. The van der Waals surface area contributed by atoms with Crippen LogP contribution in [-0.2, 0) is 13.7 Å². The molecule has 60 heavy (non-hydrogen) atoms. The van der Waals surface area contributed by atoms with Gasteiger partial charge in [0.1, 0.15) is 13.0 Å². The molecule has 0 aromatic heterocycles. The second-order valence-corrected chi connectivity index (χ2v) is 30.4. The maximum Gasteiger partial charge on any atom is 0.433 e. The zero-order chi connectivity index (χ0) is 43.7. The topological polar surface area (TPSA) is 27.7 Å². The molecule has 10 aliphatic rings. The Morgan fingerprint density at radius 1 is 0.367 bits per heavy atom. The zero-order valence-electron chi connectivity index (χ0n) is 39.0. The Balaban J connectivity index is 1.13. The van der Waals surface area contributed by atoms with E-state index in [2.05, 4.69) is 83.1 Å². The maximum absolute atomic E-state index is 7.80. The van der Waals surface area contributed by atoms with Gasteiger partial charge < -0.3 is 13.7 Å². The van der Waals surface area contributed by atoms with Crippen molar-refractivity contribution in [3.05, 3.63) is 0 Å². The first-order valence-electron chi connectivity index (χ1n) is 24.7. The Morgan fingerprint density at radius 2 is 0.600 bits per heavy atom. The fourth-order valence-electron chi connectivity index (χ4n) is 19.8. The van der Waals surface area contributed by atoms with Gasteiger partial charge in [-0.3, -0.25) is 0 Å². The van der Waals surface area contributed by atoms with Crippen molar-refractivity contribution in [3.63, 3.8) is 0 Å². The molecule has 10 rings (SSSR count). The molecule has 0 radical (unpaired) electrons. The van der Waals surface area contributed by atoms with Crippen LogP contribution in [0.5, 0.6) is 0 Å². The third-order valence-electron chi connectivity index (χ3n) is 23.0. The molecule has 0 aromatic carbocycles. The standard InChI is InChI=1S/C48H75B3Cl6O3/c1-28-16-25-43-34(37(4,5)19-13-22-40(43,10)46(43,52)53)31(28)49-58-50(32-29(2)17-26-44-35(32)38(6,7)20-14-23-41(44,11)47(44,54)55)60-51(59-49)33-30(3)18-27-45-36(33)39(8,9)21-15-24-42(45,12)48(45,56)57/h28-36H,13-27H2,1-12H3/t28-,29-,30-,31+,32+,33+,34+,35+,36+,40+,41+,42+,43-,44-,45-/m0/s1. The van der Waals surface area contributed by atoms with E-state index in [1.807, 2.05) is 0 Å². The Hall–Kier alpha value is 1.81. The molecule has 9 saturated carbocycles. The lowest BCUT2D eigenvalue weighted by atomic mass is 9.38. The van der Waals surface area contributed by atoms with E-state index in [1.54, 1.807) is 0 Å². The van der Waals surface area contributed by atoms with Crippen LogP contribution in [0.2, 0.25) is 17.5 Å². The lowest BCUT2D eigenvalue weighted by molar-refractivity contribution is 0.00592. The molecular formula is C48H75B3Cl6O3. The lowest BCUT2D eigenvalue weighted by Crippen LogP contribution is -2.63. The van der Waals surface area contributed by atoms with Crippen LogP contribution >= 0.6 is 69.6 Å². The zero-order valence-corrected chi connectivity index (χ0v) is 43.6. The summed E-state index contributed by atoms with van der Waals surface area (Å²) < 4.78 is 21.0. The van der Waals surface area contributed by atoms with Crippen LogP contribution in [0.3, 0.4) is 0 Å². The summed E-state index contributed by atoms with van der Waals surface area (Å²) in [5.74, 6) is 2.06. The highest BCUT2D eigenvalue weighted by atomic mass is 35.5. The van der Waals surface area contributed by atoms with Crippen molar-refractivity contribution < 1.29 is 13.7 Å². The van der Waals surface area contributed by atoms with Crippen molar-refractivity contribution in [1.29, 1.82) is 0 Å². The smallest absolute Gasteiger partial charge is 0.433 e. The highest BCUT2D eigenvalue weighted by molar-refractivity contribution is 6.75. The van der Waals surface area contributed by atoms with E-state index in [-0.39, 0.29) is 83.9 Å². The quantitative estimate of drug-likeness (QED) is 0.208. The van der Waals surface area contributed by atoms with E-state index in [0.717, 1.165) is 96.3 Å². The van der Waals surface area contributed by atoms with Crippen molar-refractivity contribution in [2.24, 2.45) is 84.2 Å². The molecule has 3 nitrogen and oxygen atoms in total. The van der Waals surface area contributed by atoms with Crippen molar-refractivity contribution in [1.82, 2.24) is 0 Å². The van der Waals surface area contributed by atoms with Gasteiger partial charge in [-0.15, -0.1) is 69.6 Å². The number of hydrogen-bond acceptors (Lipinski definition) is 3. The van der Waals surface area contributed by atoms with E-state index in [0.29, 0.717) is 17.8 Å². The molecule has 12 heteroatoms. The Morgan fingerprint density at radius 3 is 0.833 bits per heavy atom. The molecule has 1 aliphatic heterocycles. The summed E-state index contributed by atoms with van der Waals surface area (Å²) in [6.45, 7) is 29.6. The Kier molecular flexibility index (Phi) is 10.1. The minimum atomic E-state index is -0.783. The number of hydrogen-bond donors (Lipinski definition) is 0. The highest BCUT2D eigenvalue weighted by Gasteiger charge is 2.91. The van der Waals surface area contributed by atoms with Crippen LogP contribution in [0.1, 0.15) is 179 Å². The summed E-state index contributed by atoms with van der Waals surface area (Å²) in [5.41, 5.74) is -1.05. The van der Waals surface area contributed by atoms with Crippen LogP contribution < -0.4 is 0 Å². The van der Waals surface area contributed by atoms with Gasteiger partial charge in [-0.2, -0.15) is 0 Å². The molecule has 1 saturated heterocycles. The van der Waals surface area contributed by atoms with Crippen molar-refractivity contribution >= 4 is 91.0 Å². The molecule has 9 aliphatic carbocycles. The summed E-state index contributed by atoms with van der Waals surface area (Å²) in [5, 5.41) is 0. The molecule has 0 aromatic rings. The van der Waals surface area contributed by atoms with Gasteiger partial charge in [0, 0.05) is 32.5 Å². The number of alkyl halides is 6. The second-order valence-electron chi connectivity index (χ2n) is 26.4. The molecule has 15 atom stereocenters. The van der Waals surface area contributed by atoms with E-state index in [1.165, 1.54) is 0 Å². The summed E-state index contributed by atoms with van der Waals surface area (Å²) in [6.07, 6.45) is 16.4. The predicted molar refractivity (Wildman–Crippen MR) is 255 cm³/mol. The van der Waals surface area contributed by atoms with Crippen molar-refractivity contribution in [3.8, 4) is 0 Å². The van der Waals surface area contributed by atoms with Gasteiger partial charge in [-0.25, -0.2) is 0 Å². The van der Waals surface area contributed by atoms with Crippen LogP contribution in [0.25, 0.3) is 0 Å². The van der Waals surface area contributed by atoms with Crippen molar-refractivity contribution in [2.45, 2.75) is 210 Å². The van der Waals surface area contributed by atoms with Gasteiger partial charge in [0.2, 0.25) is 0 Å². The molecule has 0 amide bonds. The molecule has 10 fully saturated rings. The average molecular weight is 945 g/mol. The van der Waals surface area contributed by atoms with Crippen LogP contribution in [0.15, 0.2) is 0 Å². The van der Waals surface area contributed by atoms with E-state index in [9.17, 15) is 0 Å².